The lowest BCUT2D eigenvalue weighted by Crippen LogP contribution is -2.30. The van der Waals surface area contributed by atoms with E-state index in [1.807, 2.05) is 6.07 Å². The van der Waals surface area contributed by atoms with Crippen LogP contribution >= 0.6 is 0 Å². The molecule has 1 aliphatic rings. The smallest absolute Gasteiger partial charge is 0.182 e. The standard InChI is InChI=1S/C10H12N4OS/c11-7-9-10(13-4-3-12-9)14-8-1-5-16(15)6-2-8/h3-4,8H,1-2,5-6H2,(H,13,14). The monoisotopic (exact) mass is 236 g/mol. The van der Waals surface area contributed by atoms with Crippen molar-refractivity contribution in [3.8, 4) is 6.07 Å². The van der Waals surface area contributed by atoms with E-state index in [1.54, 1.807) is 6.20 Å². The summed E-state index contributed by atoms with van der Waals surface area (Å²) in [6, 6.07) is 2.25. The molecule has 1 saturated heterocycles. The predicted octanol–water partition coefficient (Wildman–Crippen LogP) is 0.671. The zero-order valence-corrected chi connectivity index (χ0v) is 9.54. The molecule has 2 rings (SSSR count). The van der Waals surface area contributed by atoms with E-state index in [9.17, 15) is 4.21 Å². The van der Waals surface area contributed by atoms with Crippen molar-refractivity contribution in [3.05, 3.63) is 18.1 Å². The number of nitrogens with zero attached hydrogens (tertiary/aromatic N) is 3. The van der Waals surface area contributed by atoms with Gasteiger partial charge in [0.05, 0.1) is 0 Å². The Labute approximate surface area is 96.4 Å². The first-order valence-electron chi connectivity index (χ1n) is 5.12. The second-order valence-corrected chi connectivity index (χ2v) is 5.33. The Morgan fingerprint density at radius 1 is 1.38 bits per heavy atom. The SMILES string of the molecule is N#Cc1nccnc1NC1CCS(=O)CC1. The van der Waals surface area contributed by atoms with Crippen LogP contribution in [0.25, 0.3) is 0 Å². The average Bonchev–Trinajstić information content (AvgIpc) is 2.33. The van der Waals surface area contributed by atoms with E-state index < -0.39 is 10.8 Å². The molecule has 1 N–H and O–H groups in total. The molecule has 1 aromatic heterocycles. The van der Waals surface area contributed by atoms with Crippen LogP contribution in [0.3, 0.4) is 0 Å². The first kappa shape index (κ1) is 11.0. The molecule has 0 radical (unpaired) electrons. The predicted molar refractivity (Wildman–Crippen MR) is 61.3 cm³/mol. The number of aromatic nitrogens is 2. The van der Waals surface area contributed by atoms with Gasteiger partial charge < -0.3 is 5.32 Å². The van der Waals surface area contributed by atoms with E-state index in [1.165, 1.54) is 6.20 Å². The average molecular weight is 236 g/mol. The van der Waals surface area contributed by atoms with Gasteiger partial charge in [-0.2, -0.15) is 5.26 Å². The Hall–Kier alpha value is -1.48. The van der Waals surface area contributed by atoms with Crippen molar-refractivity contribution in [2.45, 2.75) is 18.9 Å². The number of hydrogen-bond acceptors (Lipinski definition) is 5. The first-order valence-corrected chi connectivity index (χ1v) is 6.61. The lowest BCUT2D eigenvalue weighted by atomic mass is 10.1. The van der Waals surface area contributed by atoms with Crippen LogP contribution in [0.5, 0.6) is 0 Å². The Kier molecular flexibility index (Phi) is 3.47. The van der Waals surface area contributed by atoms with Gasteiger partial charge in [0.25, 0.3) is 0 Å². The van der Waals surface area contributed by atoms with E-state index >= 15 is 0 Å². The van der Waals surface area contributed by atoms with Gasteiger partial charge in [0.2, 0.25) is 0 Å². The van der Waals surface area contributed by atoms with E-state index in [0.29, 0.717) is 11.5 Å². The molecule has 1 fully saturated rings. The van der Waals surface area contributed by atoms with Crippen LogP contribution in [0.15, 0.2) is 12.4 Å². The van der Waals surface area contributed by atoms with Crippen LogP contribution in [0.1, 0.15) is 18.5 Å². The van der Waals surface area contributed by atoms with Crippen LogP contribution in [-0.2, 0) is 10.8 Å². The highest BCUT2D eigenvalue weighted by molar-refractivity contribution is 7.85. The van der Waals surface area contributed by atoms with Crippen molar-refractivity contribution >= 4 is 16.6 Å². The maximum absolute atomic E-state index is 11.2. The molecule has 0 bridgehead atoms. The van der Waals surface area contributed by atoms with Crippen molar-refractivity contribution in [1.82, 2.24) is 9.97 Å². The van der Waals surface area contributed by atoms with Crippen LogP contribution in [0.2, 0.25) is 0 Å². The summed E-state index contributed by atoms with van der Waals surface area (Å²) in [5.74, 6) is 1.97. The molecule has 0 spiro atoms. The Bertz CT molecular complexity index is 433. The molecule has 2 heterocycles. The fourth-order valence-electron chi connectivity index (χ4n) is 1.66. The van der Waals surface area contributed by atoms with Crippen molar-refractivity contribution in [3.63, 3.8) is 0 Å². The molecule has 0 aromatic carbocycles. The molecule has 0 amide bonds. The summed E-state index contributed by atoms with van der Waals surface area (Å²) in [5.41, 5.74) is 0.314. The van der Waals surface area contributed by atoms with Crippen LogP contribution < -0.4 is 5.32 Å². The van der Waals surface area contributed by atoms with E-state index in [0.717, 1.165) is 24.3 Å². The topological polar surface area (TPSA) is 78.7 Å². The Balaban J connectivity index is 2.04. The van der Waals surface area contributed by atoms with Gasteiger partial charge in [-0.3, -0.25) is 4.21 Å². The van der Waals surface area contributed by atoms with Crippen LogP contribution in [0, 0.1) is 11.3 Å². The number of nitriles is 1. The van der Waals surface area contributed by atoms with E-state index in [4.69, 9.17) is 5.26 Å². The number of nitrogens with one attached hydrogen (secondary N) is 1. The van der Waals surface area contributed by atoms with Gasteiger partial charge in [0.1, 0.15) is 6.07 Å². The molecule has 0 aliphatic carbocycles. The van der Waals surface area contributed by atoms with E-state index in [-0.39, 0.29) is 6.04 Å². The van der Waals surface area contributed by atoms with Crippen molar-refractivity contribution in [1.29, 1.82) is 5.26 Å². The van der Waals surface area contributed by atoms with Crippen molar-refractivity contribution in [2.24, 2.45) is 0 Å². The third kappa shape index (κ3) is 2.55. The summed E-state index contributed by atoms with van der Waals surface area (Å²) in [6.45, 7) is 0. The fraction of sp³-hybridized carbons (Fsp3) is 0.500. The van der Waals surface area contributed by atoms with Gasteiger partial charge >= 0.3 is 0 Å². The van der Waals surface area contributed by atoms with Crippen molar-refractivity contribution < 1.29 is 4.21 Å². The second kappa shape index (κ2) is 5.03. The zero-order chi connectivity index (χ0) is 11.4. The van der Waals surface area contributed by atoms with Gasteiger partial charge in [-0.25, -0.2) is 9.97 Å². The van der Waals surface area contributed by atoms with Gasteiger partial charge in [-0.05, 0) is 12.8 Å². The largest absolute Gasteiger partial charge is 0.365 e. The Morgan fingerprint density at radius 2 is 2.06 bits per heavy atom. The maximum atomic E-state index is 11.2. The minimum absolute atomic E-state index is 0.251. The summed E-state index contributed by atoms with van der Waals surface area (Å²) >= 11 is 0. The van der Waals surface area contributed by atoms with Crippen molar-refractivity contribution in [2.75, 3.05) is 16.8 Å². The first-order chi connectivity index (χ1) is 7.79. The molecule has 1 aromatic rings. The summed E-state index contributed by atoms with van der Waals surface area (Å²) in [7, 11) is -0.667. The van der Waals surface area contributed by atoms with Gasteiger partial charge in [-0.1, -0.05) is 0 Å². The summed E-state index contributed by atoms with van der Waals surface area (Å²) in [5, 5.41) is 12.0. The molecule has 1 aliphatic heterocycles. The fourth-order valence-corrected chi connectivity index (χ4v) is 2.96. The molecular formula is C10H12N4OS. The quantitative estimate of drug-likeness (QED) is 0.816. The summed E-state index contributed by atoms with van der Waals surface area (Å²) in [6.07, 6.45) is 4.77. The Morgan fingerprint density at radius 3 is 2.75 bits per heavy atom. The molecule has 6 heteroatoms. The highest BCUT2D eigenvalue weighted by atomic mass is 32.2. The maximum Gasteiger partial charge on any atom is 0.182 e. The van der Waals surface area contributed by atoms with Gasteiger partial charge in [-0.15, -0.1) is 0 Å². The third-order valence-electron chi connectivity index (χ3n) is 2.53. The second-order valence-electron chi connectivity index (χ2n) is 3.63. The number of anilines is 1. The summed E-state index contributed by atoms with van der Waals surface area (Å²) in [4.78, 5) is 8.02. The van der Waals surface area contributed by atoms with Crippen LogP contribution in [0.4, 0.5) is 5.82 Å². The normalized spacial score (nSPS) is 24.7. The molecule has 0 saturated carbocycles. The lowest BCUT2D eigenvalue weighted by Gasteiger charge is -2.22. The highest BCUT2D eigenvalue weighted by Gasteiger charge is 2.19. The minimum Gasteiger partial charge on any atom is -0.365 e. The highest BCUT2D eigenvalue weighted by Crippen LogP contribution is 2.15. The summed E-state index contributed by atoms with van der Waals surface area (Å²) < 4.78 is 11.2. The lowest BCUT2D eigenvalue weighted by molar-refractivity contribution is 0.622. The van der Waals surface area contributed by atoms with Gasteiger partial charge in [0, 0.05) is 40.7 Å². The molecular weight excluding hydrogens is 224 g/mol. The van der Waals surface area contributed by atoms with E-state index in [2.05, 4.69) is 15.3 Å². The molecule has 16 heavy (non-hydrogen) atoms. The minimum atomic E-state index is -0.667. The number of rotatable bonds is 2. The molecule has 84 valence electrons. The third-order valence-corrected chi connectivity index (χ3v) is 3.92. The zero-order valence-electron chi connectivity index (χ0n) is 8.72. The van der Waals surface area contributed by atoms with Gasteiger partial charge in [0.15, 0.2) is 11.5 Å². The molecule has 0 unspecified atom stereocenters. The number of hydrogen-bond donors (Lipinski definition) is 1. The molecule has 5 nitrogen and oxygen atoms in total. The van der Waals surface area contributed by atoms with Crippen LogP contribution in [-0.4, -0.2) is 31.7 Å². The molecule has 0 atom stereocenters.